The van der Waals surface area contributed by atoms with Gasteiger partial charge in [0.2, 0.25) is 0 Å². The van der Waals surface area contributed by atoms with Crippen LogP contribution in [-0.4, -0.2) is 31.6 Å². The Morgan fingerprint density at radius 3 is 2.39 bits per heavy atom. The number of nitrogens with zero attached hydrogens (tertiary/aromatic N) is 1. The minimum atomic E-state index is -0.508. The molecule has 1 N–H and O–H groups in total. The summed E-state index contributed by atoms with van der Waals surface area (Å²) < 4.78 is 26.0. The second kappa shape index (κ2) is 6.25. The summed E-state index contributed by atoms with van der Waals surface area (Å²) in [6, 6.07) is 3.66. The van der Waals surface area contributed by atoms with Gasteiger partial charge in [0.25, 0.3) is 0 Å². The van der Waals surface area contributed by atoms with E-state index in [1.165, 1.54) is 25.0 Å². The van der Waals surface area contributed by atoms with Gasteiger partial charge in [-0.15, -0.1) is 0 Å². The fourth-order valence-corrected chi connectivity index (χ4v) is 2.40. The van der Waals surface area contributed by atoms with Crippen molar-refractivity contribution in [3.8, 4) is 0 Å². The predicted molar refractivity (Wildman–Crippen MR) is 68.3 cm³/mol. The van der Waals surface area contributed by atoms with E-state index in [1.54, 1.807) is 0 Å². The number of nitrogens with one attached hydrogen (secondary N) is 1. The van der Waals surface area contributed by atoms with E-state index in [0.29, 0.717) is 18.0 Å². The molecule has 18 heavy (non-hydrogen) atoms. The SMILES string of the molecule is CN1CCC(CNCc2cc(F)cc(F)c2)CC1. The van der Waals surface area contributed by atoms with Crippen LogP contribution in [0, 0.1) is 17.6 Å². The topological polar surface area (TPSA) is 15.3 Å². The van der Waals surface area contributed by atoms with Gasteiger partial charge in [-0.1, -0.05) is 0 Å². The molecule has 0 bridgehead atoms. The zero-order valence-corrected chi connectivity index (χ0v) is 10.8. The van der Waals surface area contributed by atoms with Crippen LogP contribution in [0.3, 0.4) is 0 Å². The Morgan fingerprint density at radius 1 is 1.17 bits per heavy atom. The fraction of sp³-hybridized carbons (Fsp3) is 0.571. The average molecular weight is 254 g/mol. The molecule has 0 amide bonds. The molecule has 0 radical (unpaired) electrons. The summed E-state index contributed by atoms with van der Waals surface area (Å²) in [6.45, 7) is 3.73. The molecule has 100 valence electrons. The van der Waals surface area contributed by atoms with E-state index in [1.807, 2.05) is 0 Å². The highest BCUT2D eigenvalue weighted by atomic mass is 19.1. The number of likely N-dealkylation sites (tertiary alicyclic amines) is 1. The first-order chi connectivity index (χ1) is 8.63. The molecule has 2 nitrogen and oxygen atoms in total. The predicted octanol–water partition coefficient (Wildman–Crippen LogP) is 2.40. The molecule has 0 spiro atoms. The first-order valence-corrected chi connectivity index (χ1v) is 6.48. The Kier molecular flexibility index (Phi) is 4.66. The smallest absolute Gasteiger partial charge is 0.126 e. The molecule has 0 aliphatic carbocycles. The van der Waals surface area contributed by atoms with Crippen molar-refractivity contribution in [3.63, 3.8) is 0 Å². The maximum Gasteiger partial charge on any atom is 0.126 e. The second-order valence-electron chi connectivity index (χ2n) is 5.16. The Bertz CT molecular complexity index is 367. The molecule has 1 heterocycles. The Balaban J connectivity index is 1.74. The number of halogens is 2. The summed E-state index contributed by atoms with van der Waals surface area (Å²) in [7, 11) is 2.14. The van der Waals surface area contributed by atoms with Gasteiger partial charge < -0.3 is 10.2 Å². The van der Waals surface area contributed by atoms with E-state index < -0.39 is 11.6 Å². The second-order valence-corrected chi connectivity index (χ2v) is 5.16. The van der Waals surface area contributed by atoms with Crippen molar-refractivity contribution in [2.75, 3.05) is 26.7 Å². The quantitative estimate of drug-likeness (QED) is 0.887. The fourth-order valence-electron chi connectivity index (χ4n) is 2.40. The van der Waals surface area contributed by atoms with Gasteiger partial charge in [0, 0.05) is 12.6 Å². The van der Waals surface area contributed by atoms with Gasteiger partial charge in [0.15, 0.2) is 0 Å². The lowest BCUT2D eigenvalue weighted by atomic mass is 9.97. The van der Waals surface area contributed by atoms with Gasteiger partial charge >= 0.3 is 0 Å². The van der Waals surface area contributed by atoms with E-state index in [9.17, 15) is 8.78 Å². The van der Waals surface area contributed by atoms with Crippen molar-refractivity contribution in [2.24, 2.45) is 5.92 Å². The molecule has 1 aliphatic rings. The van der Waals surface area contributed by atoms with E-state index >= 15 is 0 Å². The molecule has 2 rings (SSSR count). The zero-order chi connectivity index (χ0) is 13.0. The van der Waals surface area contributed by atoms with Crippen LogP contribution in [0.1, 0.15) is 18.4 Å². The van der Waals surface area contributed by atoms with Gasteiger partial charge in [-0.25, -0.2) is 8.78 Å². The van der Waals surface area contributed by atoms with Crippen LogP contribution in [0.2, 0.25) is 0 Å². The molecule has 0 unspecified atom stereocenters. The molecule has 1 fully saturated rings. The van der Waals surface area contributed by atoms with Crippen LogP contribution in [-0.2, 0) is 6.54 Å². The van der Waals surface area contributed by atoms with Gasteiger partial charge in [-0.3, -0.25) is 0 Å². The van der Waals surface area contributed by atoms with E-state index in [0.717, 1.165) is 25.7 Å². The summed E-state index contributed by atoms with van der Waals surface area (Å²) in [5, 5.41) is 3.29. The zero-order valence-electron chi connectivity index (χ0n) is 10.8. The lowest BCUT2D eigenvalue weighted by Crippen LogP contribution is -2.34. The highest BCUT2D eigenvalue weighted by Gasteiger charge is 2.15. The average Bonchev–Trinajstić information content (AvgIpc) is 2.30. The van der Waals surface area contributed by atoms with Gasteiger partial charge in [-0.2, -0.15) is 0 Å². The lowest BCUT2D eigenvalue weighted by Gasteiger charge is -2.29. The summed E-state index contributed by atoms with van der Waals surface area (Å²) in [4.78, 5) is 2.33. The van der Waals surface area contributed by atoms with Crippen LogP contribution in [0.4, 0.5) is 8.78 Å². The molecule has 1 aromatic rings. The molecule has 0 atom stereocenters. The van der Waals surface area contributed by atoms with E-state index in [2.05, 4.69) is 17.3 Å². The van der Waals surface area contributed by atoms with Crippen molar-refractivity contribution in [1.82, 2.24) is 10.2 Å². The monoisotopic (exact) mass is 254 g/mol. The maximum absolute atomic E-state index is 13.0. The highest BCUT2D eigenvalue weighted by Crippen LogP contribution is 2.15. The molecule has 0 saturated carbocycles. The van der Waals surface area contributed by atoms with Crippen LogP contribution in [0.15, 0.2) is 18.2 Å². The number of rotatable bonds is 4. The number of hydrogen-bond acceptors (Lipinski definition) is 2. The van der Waals surface area contributed by atoms with E-state index in [-0.39, 0.29) is 0 Å². The number of benzene rings is 1. The Labute approximate surface area is 107 Å². The first kappa shape index (κ1) is 13.4. The summed E-state index contributed by atoms with van der Waals surface area (Å²) >= 11 is 0. The Morgan fingerprint density at radius 2 is 1.78 bits per heavy atom. The largest absolute Gasteiger partial charge is 0.312 e. The standard InChI is InChI=1S/C14H20F2N2/c1-18-4-2-11(3-5-18)9-17-10-12-6-13(15)8-14(16)7-12/h6-8,11,17H,2-5,9-10H2,1H3. The molecule has 1 aromatic carbocycles. The minimum Gasteiger partial charge on any atom is -0.312 e. The molecule has 0 aromatic heterocycles. The number of hydrogen-bond donors (Lipinski definition) is 1. The molecule has 4 heteroatoms. The van der Waals surface area contributed by atoms with Crippen LogP contribution >= 0.6 is 0 Å². The van der Waals surface area contributed by atoms with Crippen LogP contribution in [0.5, 0.6) is 0 Å². The third kappa shape index (κ3) is 4.03. The summed E-state index contributed by atoms with van der Waals surface area (Å²) in [6.07, 6.45) is 2.39. The molecule has 1 saturated heterocycles. The van der Waals surface area contributed by atoms with Gasteiger partial charge in [-0.05, 0) is 63.1 Å². The van der Waals surface area contributed by atoms with Crippen LogP contribution in [0.25, 0.3) is 0 Å². The van der Waals surface area contributed by atoms with Crippen molar-refractivity contribution in [2.45, 2.75) is 19.4 Å². The van der Waals surface area contributed by atoms with Crippen LogP contribution < -0.4 is 5.32 Å². The van der Waals surface area contributed by atoms with Gasteiger partial charge in [0.05, 0.1) is 0 Å². The van der Waals surface area contributed by atoms with Gasteiger partial charge in [0.1, 0.15) is 11.6 Å². The lowest BCUT2D eigenvalue weighted by molar-refractivity contribution is 0.216. The summed E-state index contributed by atoms with van der Waals surface area (Å²) in [5.74, 6) is -0.336. The maximum atomic E-state index is 13.0. The van der Waals surface area contributed by atoms with Crippen molar-refractivity contribution in [1.29, 1.82) is 0 Å². The third-order valence-electron chi connectivity index (χ3n) is 3.52. The molecular weight excluding hydrogens is 234 g/mol. The van der Waals surface area contributed by atoms with E-state index in [4.69, 9.17) is 0 Å². The van der Waals surface area contributed by atoms with Crippen molar-refractivity contribution >= 4 is 0 Å². The van der Waals surface area contributed by atoms with Crippen molar-refractivity contribution in [3.05, 3.63) is 35.4 Å². The summed E-state index contributed by atoms with van der Waals surface area (Å²) in [5.41, 5.74) is 0.667. The highest BCUT2D eigenvalue weighted by molar-refractivity contribution is 5.17. The van der Waals surface area contributed by atoms with Crippen molar-refractivity contribution < 1.29 is 8.78 Å². The minimum absolute atomic E-state index is 0.508. The normalized spacial score (nSPS) is 18.2. The molecular formula is C14H20F2N2. The Hall–Kier alpha value is -1.00. The first-order valence-electron chi connectivity index (χ1n) is 6.48. The number of piperidine rings is 1. The third-order valence-corrected chi connectivity index (χ3v) is 3.52. The molecule has 1 aliphatic heterocycles.